The summed E-state index contributed by atoms with van der Waals surface area (Å²) in [5, 5.41) is 21.0. The Morgan fingerprint density at radius 3 is 2.95 bits per heavy atom. The first-order chi connectivity index (χ1) is 9.15. The highest BCUT2D eigenvalue weighted by atomic mass is 32.1. The van der Waals surface area contributed by atoms with E-state index < -0.39 is 6.09 Å². The van der Waals surface area contributed by atoms with Crippen LogP contribution >= 0.6 is 11.3 Å². The zero-order valence-electron chi connectivity index (χ0n) is 10.0. The molecule has 1 aliphatic rings. The largest absolute Gasteiger partial charge is 0.508 e. The lowest BCUT2D eigenvalue weighted by Gasteiger charge is -2.27. The Bertz CT molecular complexity index is 625. The molecule has 0 saturated heterocycles. The lowest BCUT2D eigenvalue weighted by molar-refractivity contribution is 0.139. The summed E-state index contributed by atoms with van der Waals surface area (Å²) in [6.45, 7) is 0.705. The number of thiazole rings is 1. The Labute approximate surface area is 113 Å². The number of phenolic OH excluding ortho intramolecular Hbond substituents is 1. The van der Waals surface area contributed by atoms with Gasteiger partial charge < -0.3 is 15.1 Å². The van der Waals surface area contributed by atoms with Crippen LogP contribution in [0.2, 0.25) is 0 Å². The van der Waals surface area contributed by atoms with Gasteiger partial charge in [-0.3, -0.25) is 0 Å². The van der Waals surface area contributed by atoms with E-state index in [4.69, 9.17) is 5.11 Å². The van der Waals surface area contributed by atoms with Crippen molar-refractivity contribution in [2.75, 3.05) is 6.54 Å². The third-order valence-corrected chi connectivity index (χ3v) is 3.90. The van der Waals surface area contributed by atoms with E-state index in [9.17, 15) is 9.90 Å². The summed E-state index contributed by atoms with van der Waals surface area (Å²) in [4.78, 5) is 16.5. The van der Waals surface area contributed by atoms with Gasteiger partial charge >= 0.3 is 6.09 Å². The lowest BCUT2D eigenvalue weighted by atomic mass is 9.95. The average Bonchev–Trinajstić information content (AvgIpc) is 2.92. The van der Waals surface area contributed by atoms with Gasteiger partial charge in [-0.1, -0.05) is 0 Å². The van der Waals surface area contributed by atoms with E-state index in [0.29, 0.717) is 18.5 Å². The van der Waals surface area contributed by atoms with Crippen molar-refractivity contribution in [1.29, 1.82) is 0 Å². The Morgan fingerprint density at radius 2 is 2.26 bits per heavy atom. The van der Waals surface area contributed by atoms with Crippen molar-refractivity contribution in [3.8, 4) is 17.0 Å². The Hall–Kier alpha value is -2.08. The number of hydrogen-bond donors (Lipinski definition) is 2. The number of amides is 1. The minimum atomic E-state index is -0.950. The second kappa shape index (κ2) is 4.55. The minimum absolute atomic E-state index is 0.145. The number of carboxylic acid groups (broad SMARTS) is 1. The molecule has 0 spiro atoms. The van der Waals surface area contributed by atoms with Crippen molar-refractivity contribution in [3.63, 3.8) is 0 Å². The van der Waals surface area contributed by atoms with Crippen molar-refractivity contribution in [2.45, 2.75) is 13.0 Å². The third-order valence-electron chi connectivity index (χ3n) is 3.32. The molecule has 1 aromatic heterocycles. The van der Waals surface area contributed by atoms with Gasteiger partial charge in [0.2, 0.25) is 0 Å². The fraction of sp³-hybridized carbons (Fsp3) is 0.231. The van der Waals surface area contributed by atoms with Crippen LogP contribution in [0.4, 0.5) is 4.79 Å². The van der Waals surface area contributed by atoms with Crippen LogP contribution in [0.3, 0.4) is 0 Å². The molecule has 2 N–H and O–H groups in total. The minimum Gasteiger partial charge on any atom is -0.508 e. The molecule has 2 aromatic rings. The highest BCUT2D eigenvalue weighted by Gasteiger charge is 2.23. The normalized spacial score (nSPS) is 14.2. The van der Waals surface area contributed by atoms with Gasteiger partial charge in [0.1, 0.15) is 5.75 Å². The van der Waals surface area contributed by atoms with Gasteiger partial charge in [-0.2, -0.15) is 0 Å². The second-order valence-electron chi connectivity index (χ2n) is 4.46. The molecular weight excluding hydrogens is 264 g/mol. The number of carbonyl (C=O) groups is 1. The van der Waals surface area contributed by atoms with Gasteiger partial charge in [-0.05, 0) is 24.1 Å². The fourth-order valence-electron chi connectivity index (χ4n) is 2.31. The predicted molar refractivity (Wildman–Crippen MR) is 71.4 cm³/mol. The van der Waals surface area contributed by atoms with Gasteiger partial charge in [0.05, 0.1) is 17.7 Å². The first-order valence-electron chi connectivity index (χ1n) is 5.86. The summed E-state index contributed by atoms with van der Waals surface area (Å²) in [7, 11) is 0. The van der Waals surface area contributed by atoms with Crippen LogP contribution in [0, 0.1) is 0 Å². The molecular formula is C13H12N2O3S. The van der Waals surface area contributed by atoms with Crippen LogP contribution in [0.15, 0.2) is 23.0 Å². The van der Waals surface area contributed by atoms with Crippen LogP contribution in [-0.2, 0) is 13.0 Å². The van der Waals surface area contributed by atoms with Crippen LogP contribution in [0.25, 0.3) is 11.3 Å². The van der Waals surface area contributed by atoms with Gasteiger partial charge in [0.15, 0.2) is 0 Å². The number of aromatic nitrogens is 1. The molecule has 0 unspecified atom stereocenters. The zero-order valence-corrected chi connectivity index (χ0v) is 10.9. The Kier molecular flexibility index (Phi) is 2.87. The third kappa shape index (κ3) is 2.15. The van der Waals surface area contributed by atoms with Gasteiger partial charge in [-0.15, -0.1) is 11.3 Å². The summed E-state index contributed by atoms with van der Waals surface area (Å²) >= 11 is 1.50. The lowest BCUT2D eigenvalue weighted by Crippen LogP contribution is -2.34. The van der Waals surface area contributed by atoms with Crippen LogP contribution in [0.5, 0.6) is 5.75 Å². The maximum Gasteiger partial charge on any atom is 0.407 e. The molecule has 19 heavy (non-hydrogen) atoms. The number of fused-ring (bicyclic) bond motifs is 1. The molecule has 1 amide bonds. The molecule has 3 rings (SSSR count). The zero-order chi connectivity index (χ0) is 13.4. The molecule has 0 aliphatic carbocycles. The summed E-state index contributed by atoms with van der Waals surface area (Å²) in [5.41, 5.74) is 5.16. The molecule has 1 aliphatic heterocycles. The first-order valence-corrected chi connectivity index (χ1v) is 6.80. The number of nitrogens with zero attached hydrogens (tertiary/aromatic N) is 2. The van der Waals surface area contributed by atoms with Gasteiger partial charge in [0.25, 0.3) is 0 Å². The standard InChI is InChI=1S/C13H12N2O3S/c16-12-4-9(11-6-19-7-14-11)3-8-1-2-15(13(17)18)5-10(8)12/h3-4,6-7,16H,1-2,5H2,(H,17,18). The molecule has 0 radical (unpaired) electrons. The highest BCUT2D eigenvalue weighted by Crippen LogP contribution is 2.33. The smallest absolute Gasteiger partial charge is 0.407 e. The quantitative estimate of drug-likeness (QED) is 0.839. The SMILES string of the molecule is O=C(O)N1CCc2cc(-c3cscn3)cc(O)c2C1. The number of hydrogen-bond acceptors (Lipinski definition) is 4. The maximum absolute atomic E-state index is 11.0. The molecule has 1 aromatic carbocycles. The van der Waals surface area contributed by atoms with Crippen LogP contribution in [-0.4, -0.2) is 32.7 Å². The molecule has 5 nitrogen and oxygen atoms in total. The summed E-state index contributed by atoms with van der Waals surface area (Å²) in [6, 6.07) is 3.64. The number of aromatic hydroxyl groups is 1. The highest BCUT2D eigenvalue weighted by molar-refractivity contribution is 7.07. The van der Waals surface area contributed by atoms with Crippen molar-refractivity contribution in [1.82, 2.24) is 9.88 Å². The van der Waals surface area contributed by atoms with Crippen molar-refractivity contribution < 1.29 is 15.0 Å². The summed E-state index contributed by atoms with van der Waals surface area (Å²) < 4.78 is 0. The average molecular weight is 276 g/mol. The van der Waals surface area contributed by atoms with Crippen molar-refractivity contribution in [3.05, 3.63) is 34.2 Å². The maximum atomic E-state index is 11.0. The van der Waals surface area contributed by atoms with E-state index in [-0.39, 0.29) is 12.3 Å². The number of phenols is 1. The fourth-order valence-corrected chi connectivity index (χ4v) is 2.87. The van der Waals surface area contributed by atoms with E-state index in [0.717, 1.165) is 16.8 Å². The topological polar surface area (TPSA) is 73.7 Å². The van der Waals surface area contributed by atoms with Crippen LogP contribution in [0.1, 0.15) is 11.1 Å². The number of rotatable bonds is 1. The molecule has 6 heteroatoms. The van der Waals surface area contributed by atoms with E-state index in [1.54, 1.807) is 11.6 Å². The summed E-state index contributed by atoms with van der Waals surface area (Å²) in [5.74, 6) is 0.145. The predicted octanol–water partition coefficient (Wildman–Crippen LogP) is 2.55. The van der Waals surface area contributed by atoms with Crippen molar-refractivity contribution >= 4 is 17.4 Å². The monoisotopic (exact) mass is 276 g/mol. The van der Waals surface area contributed by atoms with E-state index in [2.05, 4.69) is 4.98 Å². The molecule has 98 valence electrons. The van der Waals surface area contributed by atoms with Gasteiger partial charge in [-0.25, -0.2) is 9.78 Å². The van der Waals surface area contributed by atoms with Crippen LogP contribution < -0.4 is 0 Å². The molecule has 0 fully saturated rings. The Morgan fingerprint density at radius 1 is 1.42 bits per heavy atom. The first kappa shape index (κ1) is 12.0. The Balaban J connectivity index is 2.00. The molecule has 0 saturated carbocycles. The van der Waals surface area contributed by atoms with Gasteiger partial charge in [0, 0.05) is 23.1 Å². The number of benzene rings is 1. The second-order valence-corrected chi connectivity index (χ2v) is 5.18. The molecule has 0 atom stereocenters. The molecule has 2 heterocycles. The van der Waals surface area contributed by atoms with E-state index in [1.807, 2.05) is 11.4 Å². The van der Waals surface area contributed by atoms with E-state index in [1.165, 1.54) is 16.2 Å². The molecule has 0 bridgehead atoms. The summed E-state index contributed by atoms with van der Waals surface area (Å²) in [6.07, 6.45) is -0.332. The van der Waals surface area contributed by atoms with E-state index >= 15 is 0 Å². The van der Waals surface area contributed by atoms with Crippen molar-refractivity contribution in [2.24, 2.45) is 0 Å².